The van der Waals surface area contributed by atoms with Gasteiger partial charge in [-0.25, -0.2) is 0 Å². The lowest BCUT2D eigenvalue weighted by atomic mass is 10.1. The molecule has 1 aromatic carbocycles. The molecular formula is C14H14F3N3O. The van der Waals surface area contributed by atoms with E-state index in [4.69, 9.17) is 10.5 Å². The van der Waals surface area contributed by atoms with E-state index < -0.39 is 11.7 Å². The van der Waals surface area contributed by atoms with Gasteiger partial charge in [-0.3, -0.25) is 0 Å². The summed E-state index contributed by atoms with van der Waals surface area (Å²) in [6.07, 6.45) is -4.40. The lowest BCUT2D eigenvalue weighted by molar-refractivity contribution is -0.138. The van der Waals surface area contributed by atoms with Crippen LogP contribution in [0.3, 0.4) is 0 Å². The van der Waals surface area contributed by atoms with E-state index in [2.05, 4.69) is 10.3 Å². The Morgan fingerprint density at radius 3 is 2.57 bits per heavy atom. The van der Waals surface area contributed by atoms with Crippen LogP contribution in [0.15, 0.2) is 36.4 Å². The van der Waals surface area contributed by atoms with Crippen molar-refractivity contribution < 1.29 is 17.9 Å². The Bertz CT molecular complexity index is 629. The van der Waals surface area contributed by atoms with E-state index in [1.807, 2.05) is 0 Å². The van der Waals surface area contributed by atoms with Crippen LogP contribution >= 0.6 is 0 Å². The molecule has 21 heavy (non-hydrogen) atoms. The maximum absolute atomic E-state index is 12.9. The summed E-state index contributed by atoms with van der Waals surface area (Å²) in [6.45, 7) is -0.0416. The fraction of sp³-hybridized carbons (Fsp3) is 0.214. The van der Waals surface area contributed by atoms with Gasteiger partial charge in [0, 0.05) is 12.6 Å². The molecular weight excluding hydrogens is 283 g/mol. The second-order valence-electron chi connectivity index (χ2n) is 4.30. The highest BCUT2D eigenvalue weighted by Crippen LogP contribution is 2.32. The van der Waals surface area contributed by atoms with Crippen molar-refractivity contribution in [3.63, 3.8) is 0 Å². The van der Waals surface area contributed by atoms with Gasteiger partial charge in [0.15, 0.2) is 5.82 Å². The van der Waals surface area contributed by atoms with E-state index >= 15 is 0 Å². The highest BCUT2D eigenvalue weighted by Gasteiger charge is 2.32. The molecule has 0 bridgehead atoms. The molecule has 0 saturated carbocycles. The van der Waals surface area contributed by atoms with Gasteiger partial charge in [0.1, 0.15) is 0 Å². The van der Waals surface area contributed by atoms with Crippen LogP contribution in [0.5, 0.6) is 5.88 Å². The van der Waals surface area contributed by atoms with Crippen LogP contribution in [0.2, 0.25) is 0 Å². The lowest BCUT2D eigenvalue weighted by Gasteiger charge is -2.14. The van der Waals surface area contributed by atoms with Gasteiger partial charge in [-0.05, 0) is 17.7 Å². The number of rotatable bonds is 4. The number of nitrogens with one attached hydrogen (secondary N) is 1. The molecule has 0 aliphatic carbocycles. The molecule has 112 valence electrons. The summed E-state index contributed by atoms with van der Waals surface area (Å²) in [7, 11) is 1.45. The molecule has 0 amide bonds. The quantitative estimate of drug-likeness (QED) is 0.909. The second kappa shape index (κ2) is 5.90. The van der Waals surface area contributed by atoms with Crippen LogP contribution in [0.4, 0.5) is 24.7 Å². The van der Waals surface area contributed by atoms with Crippen LogP contribution in [-0.2, 0) is 12.7 Å². The van der Waals surface area contributed by atoms with Gasteiger partial charge in [0.25, 0.3) is 0 Å². The van der Waals surface area contributed by atoms with Crippen LogP contribution in [0.25, 0.3) is 0 Å². The van der Waals surface area contributed by atoms with Gasteiger partial charge >= 0.3 is 6.18 Å². The zero-order valence-corrected chi connectivity index (χ0v) is 11.2. The Kier molecular flexibility index (Phi) is 4.21. The van der Waals surface area contributed by atoms with Crippen molar-refractivity contribution in [2.45, 2.75) is 12.7 Å². The van der Waals surface area contributed by atoms with E-state index in [0.717, 1.165) is 6.07 Å². The van der Waals surface area contributed by atoms with E-state index in [1.165, 1.54) is 19.2 Å². The Morgan fingerprint density at radius 2 is 1.90 bits per heavy atom. The summed E-state index contributed by atoms with van der Waals surface area (Å²) in [6, 6.07) is 8.50. The first-order chi connectivity index (χ1) is 9.91. The summed E-state index contributed by atoms with van der Waals surface area (Å²) in [4.78, 5) is 4.06. The number of methoxy groups -OCH3 is 1. The van der Waals surface area contributed by atoms with Gasteiger partial charge in [0.05, 0.1) is 18.4 Å². The molecule has 0 fully saturated rings. The number of hydrogen-bond donors (Lipinski definition) is 2. The van der Waals surface area contributed by atoms with Crippen molar-refractivity contribution in [2.75, 3.05) is 18.2 Å². The Morgan fingerprint density at radius 1 is 1.19 bits per heavy atom. The number of nitrogen functional groups attached to an aromatic ring is 1. The second-order valence-corrected chi connectivity index (χ2v) is 4.30. The number of aromatic nitrogens is 1. The molecule has 1 heterocycles. The number of benzene rings is 1. The molecule has 0 radical (unpaired) electrons. The van der Waals surface area contributed by atoms with Crippen molar-refractivity contribution in [2.24, 2.45) is 0 Å². The molecule has 2 aromatic rings. The third-order valence-corrected chi connectivity index (χ3v) is 2.88. The average molecular weight is 297 g/mol. The smallest absolute Gasteiger partial charge is 0.416 e. The Balaban J connectivity index is 2.21. The number of pyridine rings is 1. The SMILES string of the molecule is COc1ccc(N)c(NCc2ccccc2C(F)(F)F)n1. The number of nitrogens with zero attached hydrogens (tertiary/aromatic N) is 1. The molecule has 0 aliphatic rings. The highest BCUT2D eigenvalue weighted by molar-refractivity contribution is 5.62. The van der Waals surface area contributed by atoms with Crippen LogP contribution in [0, 0.1) is 0 Å². The monoisotopic (exact) mass is 297 g/mol. The number of alkyl halides is 3. The summed E-state index contributed by atoms with van der Waals surface area (Å²) in [5.41, 5.74) is 5.50. The van der Waals surface area contributed by atoms with Crippen LogP contribution < -0.4 is 15.8 Å². The third kappa shape index (κ3) is 3.56. The van der Waals surface area contributed by atoms with Crippen molar-refractivity contribution >= 4 is 11.5 Å². The number of nitrogens with two attached hydrogens (primary N) is 1. The Labute approximate surface area is 119 Å². The largest absolute Gasteiger partial charge is 0.481 e. The minimum Gasteiger partial charge on any atom is -0.481 e. The molecule has 1 aromatic heterocycles. The topological polar surface area (TPSA) is 60.2 Å². The first-order valence-electron chi connectivity index (χ1n) is 6.11. The van der Waals surface area contributed by atoms with E-state index in [0.29, 0.717) is 11.6 Å². The number of halogens is 3. The fourth-order valence-corrected chi connectivity index (χ4v) is 1.84. The molecule has 0 saturated heterocycles. The maximum Gasteiger partial charge on any atom is 0.416 e. The summed E-state index contributed by atoms with van der Waals surface area (Å²) in [5, 5.41) is 2.80. The summed E-state index contributed by atoms with van der Waals surface area (Å²) < 4.78 is 43.6. The molecule has 7 heteroatoms. The van der Waals surface area contributed by atoms with E-state index in [-0.39, 0.29) is 17.9 Å². The zero-order valence-electron chi connectivity index (χ0n) is 11.2. The predicted molar refractivity (Wildman–Crippen MR) is 74.0 cm³/mol. The van der Waals surface area contributed by atoms with Crippen LogP contribution in [-0.4, -0.2) is 12.1 Å². The van der Waals surface area contributed by atoms with Gasteiger partial charge in [-0.15, -0.1) is 0 Å². The molecule has 2 rings (SSSR count). The maximum atomic E-state index is 12.9. The third-order valence-electron chi connectivity index (χ3n) is 2.88. The number of anilines is 2. The molecule has 3 N–H and O–H groups in total. The molecule has 0 aliphatic heterocycles. The van der Waals surface area contributed by atoms with Crippen molar-refractivity contribution in [3.8, 4) is 5.88 Å². The summed E-state index contributed by atoms with van der Waals surface area (Å²) >= 11 is 0. The number of ether oxygens (including phenoxy) is 1. The molecule has 0 atom stereocenters. The minimum atomic E-state index is -4.40. The van der Waals surface area contributed by atoms with Gasteiger partial charge < -0.3 is 15.8 Å². The lowest BCUT2D eigenvalue weighted by Crippen LogP contribution is -2.12. The van der Waals surface area contributed by atoms with Crippen molar-refractivity contribution in [1.29, 1.82) is 0 Å². The van der Waals surface area contributed by atoms with Crippen molar-refractivity contribution in [3.05, 3.63) is 47.5 Å². The fourth-order valence-electron chi connectivity index (χ4n) is 1.84. The first-order valence-corrected chi connectivity index (χ1v) is 6.11. The van der Waals surface area contributed by atoms with Gasteiger partial charge in [0.2, 0.25) is 5.88 Å². The van der Waals surface area contributed by atoms with Crippen molar-refractivity contribution in [1.82, 2.24) is 4.98 Å². The predicted octanol–water partition coefficient (Wildman–Crippen LogP) is 3.30. The summed E-state index contributed by atoms with van der Waals surface area (Å²) in [5.74, 6) is 0.613. The molecule has 0 unspecified atom stereocenters. The highest BCUT2D eigenvalue weighted by atomic mass is 19.4. The Hall–Kier alpha value is -2.44. The minimum absolute atomic E-state index is 0.0416. The molecule has 4 nitrogen and oxygen atoms in total. The standard InChI is InChI=1S/C14H14F3N3O/c1-21-12-7-6-11(18)13(20-12)19-8-9-4-2-3-5-10(9)14(15,16)17/h2-7H,8,18H2,1H3,(H,19,20). The average Bonchev–Trinajstić information content (AvgIpc) is 2.46. The first kappa shape index (κ1) is 15.0. The number of hydrogen-bond acceptors (Lipinski definition) is 4. The van der Waals surface area contributed by atoms with E-state index in [9.17, 15) is 13.2 Å². The normalized spacial score (nSPS) is 11.2. The van der Waals surface area contributed by atoms with Crippen LogP contribution in [0.1, 0.15) is 11.1 Å². The van der Waals surface area contributed by atoms with E-state index in [1.54, 1.807) is 18.2 Å². The molecule has 0 spiro atoms. The zero-order chi connectivity index (χ0) is 15.5. The van der Waals surface area contributed by atoms with Gasteiger partial charge in [-0.1, -0.05) is 18.2 Å². The van der Waals surface area contributed by atoms with Gasteiger partial charge in [-0.2, -0.15) is 18.2 Å².